The summed E-state index contributed by atoms with van der Waals surface area (Å²) in [6.07, 6.45) is 8.51. The van der Waals surface area contributed by atoms with Crippen LogP contribution in [0.1, 0.15) is 51.4 Å². The summed E-state index contributed by atoms with van der Waals surface area (Å²) in [6.45, 7) is 4.90. The highest BCUT2D eigenvalue weighted by atomic mass is 16.3. The van der Waals surface area contributed by atoms with Crippen LogP contribution < -0.4 is 20.7 Å². The van der Waals surface area contributed by atoms with Gasteiger partial charge in [-0.15, -0.1) is 0 Å². The molecule has 1 aromatic carbocycles. The van der Waals surface area contributed by atoms with Gasteiger partial charge in [-0.3, -0.25) is 14.6 Å². The van der Waals surface area contributed by atoms with Crippen molar-refractivity contribution in [2.24, 2.45) is 7.05 Å². The molecule has 0 unspecified atom stereocenters. The molecule has 9 heteroatoms. The summed E-state index contributed by atoms with van der Waals surface area (Å²) >= 11 is 0. The van der Waals surface area contributed by atoms with E-state index in [9.17, 15) is 14.7 Å². The van der Waals surface area contributed by atoms with Gasteiger partial charge in [0.1, 0.15) is 5.69 Å². The minimum atomic E-state index is -0.222. The lowest BCUT2D eigenvalue weighted by atomic mass is 9.96. The second-order valence-corrected chi connectivity index (χ2v) is 11.9. The molecule has 222 valence electrons. The molecule has 0 bridgehead atoms. The molecular formula is C34H38N6O3. The number of rotatable bonds is 6. The van der Waals surface area contributed by atoms with Crippen LogP contribution in [-0.2, 0) is 39.5 Å². The highest BCUT2D eigenvalue weighted by Crippen LogP contribution is 2.35. The first-order chi connectivity index (χ1) is 21.0. The van der Waals surface area contributed by atoms with Crippen LogP contribution in [0.25, 0.3) is 11.1 Å². The number of aliphatic hydroxyl groups excluding tert-OH is 1. The van der Waals surface area contributed by atoms with Gasteiger partial charge >= 0.3 is 0 Å². The first-order valence-electron chi connectivity index (χ1n) is 15.4. The van der Waals surface area contributed by atoms with Crippen molar-refractivity contribution in [1.82, 2.24) is 19.4 Å². The molecule has 0 spiro atoms. The number of aryl methyl sites for hydroxylation is 2. The van der Waals surface area contributed by atoms with Gasteiger partial charge in [-0.25, -0.2) is 0 Å². The minimum absolute atomic E-state index is 0.0241. The topological polar surface area (TPSA) is 95.6 Å². The summed E-state index contributed by atoms with van der Waals surface area (Å²) in [4.78, 5) is 35.8. The van der Waals surface area contributed by atoms with E-state index in [2.05, 4.69) is 31.9 Å². The zero-order valence-electron chi connectivity index (χ0n) is 24.7. The zero-order chi connectivity index (χ0) is 29.5. The molecule has 5 heterocycles. The number of carbonyl (C=O) groups excluding carboxylic acids is 1. The van der Waals surface area contributed by atoms with E-state index in [0.717, 1.165) is 79.5 Å². The number of carbonyl (C=O) groups is 1. The van der Waals surface area contributed by atoms with Gasteiger partial charge in [0.2, 0.25) is 0 Å². The van der Waals surface area contributed by atoms with E-state index < -0.39 is 0 Å². The summed E-state index contributed by atoms with van der Waals surface area (Å²) in [5, 5.41) is 14.0. The molecule has 3 aromatic heterocycles. The van der Waals surface area contributed by atoms with Crippen LogP contribution in [0.3, 0.4) is 0 Å². The Kier molecular flexibility index (Phi) is 7.36. The smallest absolute Gasteiger partial charge is 0.274 e. The van der Waals surface area contributed by atoms with Crippen molar-refractivity contribution in [3.63, 3.8) is 0 Å². The third-order valence-corrected chi connectivity index (χ3v) is 9.25. The Hall–Kier alpha value is -4.21. The Morgan fingerprint density at radius 3 is 2.60 bits per heavy atom. The van der Waals surface area contributed by atoms with Gasteiger partial charge in [0.25, 0.3) is 11.5 Å². The minimum Gasteiger partial charge on any atom is -0.392 e. The van der Waals surface area contributed by atoms with E-state index in [1.54, 1.807) is 11.6 Å². The SMILES string of the molecule is Cn1cc(-c2cccc(N3CCn4c(cc5c4CCCC5)C3=O)c2CO)cc(Cc2ccc(N3CCNCC3)cn2)c1=O. The average Bonchev–Trinajstić information content (AvgIpc) is 3.43. The molecule has 0 radical (unpaired) electrons. The third-order valence-electron chi connectivity index (χ3n) is 9.25. The van der Waals surface area contributed by atoms with Crippen LogP contribution >= 0.6 is 0 Å². The molecule has 9 nitrogen and oxygen atoms in total. The van der Waals surface area contributed by atoms with E-state index in [4.69, 9.17) is 0 Å². The average molecular weight is 579 g/mol. The first-order valence-corrected chi connectivity index (χ1v) is 15.4. The summed E-state index contributed by atoms with van der Waals surface area (Å²) < 4.78 is 3.80. The molecule has 0 atom stereocenters. The van der Waals surface area contributed by atoms with Gasteiger partial charge in [-0.05, 0) is 72.7 Å². The number of hydrogen-bond donors (Lipinski definition) is 2. The fourth-order valence-electron chi connectivity index (χ4n) is 7.01. The van der Waals surface area contributed by atoms with E-state index in [1.807, 2.05) is 47.6 Å². The van der Waals surface area contributed by atoms with Crippen molar-refractivity contribution in [3.05, 3.63) is 99.0 Å². The molecule has 2 N–H and O–H groups in total. The molecule has 3 aliphatic rings. The molecule has 0 saturated carbocycles. The van der Waals surface area contributed by atoms with Gasteiger partial charge in [-0.1, -0.05) is 12.1 Å². The van der Waals surface area contributed by atoms with E-state index in [1.165, 1.54) is 24.1 Å². The number of aromatic nitrogens is 3. The van der Waals surface area contributed by atoms with Crippen LogP contribution in [0.2, 0.25) is 0 Å². The van der Waals surface area contributed by atoms with Gasteiger partial charge in [0.05, 0.1) is 24.2 Å². The number of aliphatic hydroxyl groups is 1. The zero-order valence-corrected chi connectivity index (χ0v) is 24.7. The Morgan fingerprint density at radius 1 is 0.977 bits per heavy atom. The lowest BCUT2D eigenvalue weighted by molar-refractivity contribution is 0.0964. The molecule has 4 aromatic rings. The number of nitrogens with zero attached hydrogens (tertiary/aromatic N) is 5. The maximum absolute atomic E-state index is 13.8. The van der Waals surface area contributed by atoms with Crippen LogP contribution in [0.5, 0.6) is 0 Å². The number of piperazine rings is 1. The quantitative estimate of drug-likeness (QED) is 0.365. The number of pyridine rings is 2. The molecule has 7 rings (SSSR count). The largest absolute Gasteiger partial charge is 0.392 e. The highest BCUT2D eigenvalue weighted by molar-refractivity contribution is 6.07. The summed E-state index contributed by atoms with van der Waals surface area (Å²) in [6, 6.07) is 13.9. The standard InChI is InChI=1S/C34H38N6O3/c1-37-21-25(17-24(33(37)42)18-26-9-10-27(20-36-26)38-13-11-35-12-14-38)28-6-4-8-31(29(28)22-41)40-16-15-39-30-7-3-2-5-23(30)19-32(39)34(40)43/h4,6,8-10,17,19-21,35,41H,2-3,5,7,11-16,18,22H2,1H3. The van der Waals surface area contributed by atoms with Crippen LogP contribution in [0, 0.1) is 0 Å². The Labute approximate surface area is 251 Å². The first kappa shape index (κ1) is 27.6. The number of hydrogen-bond acceptors (Lipinski definition) is 6. The monoisotopic (exact) mass is 578 g/mol. The fourth-order valence-corrected chi connectivity index (χ4v) is 7.01. The van der Waals surface area contributed by atoms with Crippen LogP contribution in [0.15, 0.2) is 59.7 Å². The lowest BCUT2D eigenvalue weighted by Gasteiger charge is -2.31. The highest BCUT2D eigenvalue weighted by Gasteiger charge is 2.31. The molecule has 1 saturated heterocycles. The van der Waals surface area contributed by atoms with Gasteiger partial charge in [0.15, 0.2) is 0 Å². The van der Waals surface area contributed by atoms with E-state index >= 15 is 0 Å². The Morgan fingerprint density at radius 2 is 1.81 bits per heavy atom. The number of nitrogens with one attached hydrogen (secondary N) is 1. The molecule has 43 heavy (non-hydrogen) atoms. The van der Waals surface area contributed by atoms with Gasteiger partial charge < -0.3 is 29.4 Å². The second-order valence-electron chi connectivity index (χ2n) is 11.9. The van der Waals surface area contributed by atoms with Crippen molar-refractivity contribution in [2.45, 2.75) is 45.3 Å². The van der Waals surface area contributed by atoms with Crippen molar-refractivity contribution < 1.29 is 9.90 Å². The summed E-state index contributed by atoms with van der Waals surface area (Å²) in [5.41, 5.74) is 8.88. The lowest BCUT2D eigenvalue weighted by Crippen LogP contribution is -2.43. The molecule has 2 aliphatic heterocycles. The molecule has 1 fully saturated rings. The number of fused-ring (bicyclic) bond motifs is 3. The van der Waals surface area contributed by atoms with E-state index in [0.29, 0.717) is 24.1 Å². The second kappa shape index (κ2) is 11.5. The third kappa shape index (κ3) is 5.06. The summed E-state index contributed by atoms with van der Waals surface area (Å²) in [7, 11) is 1.75. The fraction of sp³-hybridized carbons (Fsp3) is 0.382. The molecule has 1 amide bonds. The maximum Gasteiger partial charge on any atom is 0.274 e. The molecule has 1 aliphatic carbocycles. The van der Waals surface area contributed by atoms with Crippen molar-refractivity contribution >= 4 is 17.3 Å². The Balaban J connectivity index is 1.19. The van der Waals surface area contributed by atoms with Crippen molar-refractivity contribution in [2.75, 3.05) is 42.5 Å². The van der Waals surface area contributed by atoms with Crippen molar-refractivity contribution in [1.29, 1.82) is 0 Å². The summed E-state index contributed by atoms with van der Waals surface area (Å²) in [5.74, 6) is -0.0241. The number of benzene rings is 1. The Bertz CT molecular complexity index is 1730. The predicted octanol–water partition coefficient (Wildman–Crippen LogP) is 3.28. The maximum atomic E-state index is 13.8. The van der Waals surface area contributed by atoms with Crippen molar-refractivity contribution in [3.8, 4) is 11.1 Å². The van der Waals surface area contributed by atoms with Crippen LogP contribution in [0.4, 0.5) is 11.4 Å². The number of amides is 1. The van der Waals surface area contributed by atoms with Crippen LogP contribution in [-0.4, -0.2) is 57.9 Å². The van der Waals surface area contributed by atoms with Gasteiger partial charge in [0, 0.05) is 81.4 Å². The van der Waals surface area contributed by atoms with E-state index in [-0.39, 0.29) is 18.1 Å². The van der Waals surface area contributed by atoms with Gasteiger partial charge in [-0.2, -0.15) is 0 Å². The number of anilines is 2. The predicted molar refractivity (Wildman–Crippen MR) is 168 cm³/mol. The molecular weight excluding hydrogens is 540 g/mol. The normalized spacial score (nSPS) is 16.7.